The highest BCUT2D eigenvalue weighted by Gasteiger charge is 2.26. The van der Waals surface area contributed by atoms with Gasteiger partial charge in [-0.1, -0.05) is 97.1 Å². The number of hydrogen-bond acceptors (Lipinski definition) is 0. The molecule has 0 nitrogen and oxygen atoms in total. The molecule has 0 aromatic heterocycles. The monoisotopic (exact) mass is 404 g/mol. The fraction of sp³-hybridized carbons (Fsp3) is 0.0625. The summed E-state index contributed by atoms with van der Waals surface area (Å²) in [7, 11) is 0. The zero-order valence-electron chi connectivity index (χ0n) is 17.7. The molecule has 2 aliphatic carbocycles. The number of rotatable bonds is 0. The minimum absolute atomic E-state index is 1.02. The van der Waals surface area contributed by atoms with E-state index >= 15 is 0 Å². The number of benzene rings is 6. The van der Waals surface area contributed by atoms with Gasteiger partial charge >= 0.3 is 0 Å². The van der Waals surface area contributed by atoms with Crippen LogP contribution in [-0.4, -0.2) is 0 Å². The van der Waals surface area contributed by atoms with Gasteiger partial charge in [-0.05, 0) is 89.7 Å². The molecule has 0 amide bonds. The van der Waals surface area contributed by atoms with E-state index in [0.29, 0.717) is 0 Å². The van der Waals surface area contributed by atoms with Crippen LogP contribution in [-0.2, 0) is 12.8 Å². The zero-order chi connectivity index (χ0) is 20.8. The molecule has 0 heteroatoms. The fourth-order valence-electron chi connectivity index (χ4n) is 6.41. The van der Waals surface area contributed by atoms with Crippen LogP contribution in [0.3, 0.4) is 0 Å². The summed E-state index contributed by atoms with van der Waals surface area (Å²) in [5.74, 6) is 0. The summed E-state index contributed by atoms with van der Waals surface area (Å²) in [5, 5.41) is 8.45. The molecule has 0 spiro atoms. The van der Waals surface area contributed by atoms with Crippen molar-refractivity contribution in [2.24, 2.45) is 0 Å². The third-order valence-electron chi connectivity index (χ3n) is 7.73. The lowest BCUT2D eigenvalue weighted by atomic mass is 9.87. The predicted molar refractivity (Wildman–Crippen MR) is 135 cm³/mol. The standard InChI is InChI=1S/C32H20/c1-3-9-21-20(8-1)18-30-24(21)13-15-27-23-11-5-6-12-26(23)31-28(32(27)30)16-14-25-22-10-4-2-7-19(22)17-29(25)31/h1-16H,17-18H2. The van der Waals surface area contributed by atoms with Crippen LogP contribution in [0.5, 0.6) is 0 Å². The molecule has 0 unspecified atom stereocenters. The average Bonchev–Trinajstić information content (AvgIpc) is 3.42. The molecule has 0 saturated carbocycles. The van der Waals surface area contributed by atoms with E-state index in [-0.39, 0.29) is 0 Å². The topological polar surface area (TPSA) is 0 Å². The van der Waals surface area contributed by atoms with Crippen LogP contribution in [0, 0.1) is 0 Å². The predicted octanol–water partition coefficient (Wildman–Crippen LogP) is 8.29. The Morgan fingerprint density at radius 2 is 0.812 bits per heavy atom. The van der Waals surface area contributed by atoms with E-state index in [1.165, 1.54) is 76.8 Å². The molecular weight excluding hydrogens is 384 g/mol. The van der Waals surface area contributed by atoms with Crippen molar-refractivity contribution in [2.75, 3.05) is 0 Å². The van der Waals surface area contributed by atoms with E-state index in [0.717, 1.165) is 12.8 Å². The smallest absolute Gasteiger partial charge is 0.000706 e. The quantitative estimate of drug-likeness (QED) is 0.223. The van der Waals surface area contributed by atoms with Gasteiger partial charge in [-0.15, -0.1) is 0 Å². The Hall–Kier alpha value is -3.90. The van der Waals surface area contributed by atoms with Crippen LogP contribution in [0.25, 0.3) is 54.6 Å². The van der Waals surface area contributed by atoms with Crippen molar-refractivity contribution >= 4 is 32.3 Å². The Balaban J connectivity index is 1.58. The fourth-order valence-corrected chi connectivity index (χ4v) is 6.41. The maximum atomic E-state index is 2.40. The van der Waals surface area contributed by atoms with Crippen molar-refractivity contribution in [3.63, 3.8) is 0 Å². The van der Waals surface area contributed by atoms with Crippen LogP contribution in [0.1, 0.15) is 22.3 Å². The molecule has 0 N–H and O–H groups in total. The van der Waals surface area contributed by atoms with Gasteiger partial charge in [0, 0.05) is 0 Å². The molecule has 0 bridgehead atoms. The van der Waals surface area contributed by atoms with Crippen LogP contribution >= 0.6 is 0 Å². The summed E-state index contributed by atoms with van der Waals surface area (Å²) in [4.78, 5) is 0. The Kier molecular flexibility index (Phi) is 3.07. The molecule has 0 fully saturated rings. The second-order valence-corrected chi connectivity index (χ2v) is 9.24. The summed E-state index contributed by atoms with van der Waals surface area (Å²) < 4.78 is 0. The highest BCUT2D eigenvalue weighted by atomic mass is 14.3. The van der Waals surface area contributed by atoms with Crippen molar-refractivity contribution in [3.8, 4) is 22.3 Å². The molecule has 0 aliphatic heterocycles. The first kappa shape index (κ1) is 16.8. The molecule has 6 aromatic rings. The van der Waals surface area contributed by atoms with E-state index in [2.05, 4.69) is 97.1 Å². The lowest BCUT2D eigenvalue weighted by Gasteiger charge is -2.16. The lowest BCUT2D eigenvalue weighted by molar-refractivity contribution is 1.28. The van der Waals surface area contributed by atoms with Gasteiger partial charge in [-0.25, -0.2) is 0 Å². The zero-order valence-corrected chi connectivity index (χ0v) is 17.7. The Morgan fingerprint density at radius 1 is 0.344 bits per heavy atom. The van der Waals surface area contributed by atoms with Gasteiger partial charge in [0.25, 0.3) is 0 Å². The van der Waals surface area contributed by atoms with Crippen molar-refractivity contribution in [1.82, 2.24) is 0 Å². The summed E-state index contributed by atoms with van der Waals surface area (Å²) in [6, 6.07) is 36.3. The van der Waals surface area contributed by atoms with Crippen molar-refractivity contribution in [3.05, 3.63) is 119 Å². The first-order valence-electron chi connectivity index (χ1n) is 11.5. The van der Waals surface area contributed by atoms with Gasteiger partial charge in [0.2, 0.25) is 0 Å². The van der Waals surface area contributed by atoms with Crippen LogP contribution < -0.4 is 0 Å². The van der Waals surface area contributed by atoms with Gasteiger partial charge < -0.3 is 0 Å². The van der Waals surface area contributed by atoms with Crippen molar-refractivity contribution in [2.45, 2.75) is 12.8 Å². The van der Waals surface area contributed by atoms with Crippen molar-refractivity contribution in [1.29, 1.82) is 0 Å². The van der Waals surface area contributed by atoms with E-state index < -0.39 is 0 Å². The summed E-state index contributed by atoms with van der Waals surface area (Å²) in [5.41, 5.74) is 11.5. The second kappa shape index (κ2) is 5.87. The lowest BCUT2D eigenvalue weighted by Crippen LogP contribution is -1.92. The molecule has 8 rings (SSSR count). The molecular formula is C32H20. The van der Waals surface area contributed by atoms with Gasteiger partial charge in [-0.3, -0.25) is 0 Å². The minimum Gasteiger partial charge on any atom is -0.0619 e. The second-order valence-electron chi connectivity index (χ2n) is 9.24. The molecule has 32 heavy (non-hydrogen) atoms. The highest BCUT2D eigenvalue weighted by molar-refractivity contribution is 6.28. The van der Waals surface area contributed by atoms with E-state index in [4.69, 9.17) is 0 Å². The molecule has 0 saturated heterocycles. The average molecular weight is 405 g/mol. The van der Waals surface area contributed by atoms with Crippen LogP contribution in [0.2, 0.25) is 0 Å². The Morgan fingerprint density at radius 3 is 1.44 bits per heavy atom. The third kappa shape index (κ3) is 1.98. The van der Waals surface area contributed by atoms with Gasteiger partial charge in [0.05, 0.1) is 0 Å². The first-order valence-corrected chi connectivity index (χ1v) is 11.5. The SMILES string of the molecule is c1ccc2c(c1)Cc1c-2ccc2c1c1ccccc1c1ccc3c(c12)Cc1ccccc1-3. The van der Waals surface area contributed by atoms with E-state index in [1.807, 2.05) is 0 Å². The summed E-state index contributed by atoms with van der Waals surface area (Å²) >= 11 is 0. The molecule has 148 valence electrons. The normalized spacial score (nSPS) is 13.4. The Labute approximate surface area is 186 Å². The van der Waals surface area contributed by atoms with Gasteiger partial charge in [-0.2, -0.15) is 0 Å². The van der Waals surface area contributed by atoms with E-state index in [9.17, 15) is 0 Å². The van der Waals surface area contributed by atoms with E-state index in [1.54, 1.807) is 0 Å². The van der Waals surface area contributed by atoms with Crippen LogP contribution in [0.15, 0.2) is 97.1 Å². The summed E-state index contributed by atoms with van der Waals surface area (Å²) in [6.07, 6.45) is 2.04. The van der Waals surface area contributed by atoms with Gasteiger partial charge in [0.1, 0.15) is 0 Å². The maximum Gasteiger partial charge on any atom is -0.000706 e. The molecule has 0 radical (unpaired) electrons. The summed E-state index contributed by atoms with van der Waals surface area (Å²) in [6.45, 7) is 0. The molecule has 2 aliphatic rings. The third-order valence-corrected chi connectivity index (χ3v) is 7.73. The minimum atomic E-state index is 1.02. The van der Waals surface area contributed by atoms with Crippen molar-refractivity contribution < 1.29 is 0 Å². The Bertz CT molecular complexity index is 1680. The molecule has 6 aromatic carbocycles. The first-order chi connectivity index (χ1) is 15.9. The number of hydrogen-bond donors (Lipinski definition) is 0. The molecule has 0 atom stereocenters. The highest BCUT2D eigenvalue weighted by Crippen LogP contribution is 2.48. The molecule has 0 heterocycles. The van der Waals surface area contributed by atoms with Gasteiger partial charge in [0.15, 0.2) is 0 Å². The largest absolute Gasteiger partial charge is 0.0619 e. The number of fused-ring (bicyclic) bond motifs is 14. The maximum absolute atomic E-state index is 2.40. The van der Waals surface area contributed by atoms with Crippen LogP contribution in [0.4, 0.5) is 0 Å².